The summed E-state index contributed by atoms with van der Waals surface area (Å²) in [6.07, 6.45) is 7.44. The predicted octanol–water partition coefficient (Wildman–Crippen LogP) is 3.49. The number of aromatic hydroxyl groups is 1. The summed E-state index contributed by atoms with van der Waals surface area (Å²) in [4.78, 5) is 14.2. The number of hydrogen-bond acceptors (Lipinski definition) is 4. The van der Waals surface area contributed by atoms with E-state index in [-0.39, 0.29) is 11.7 Å². The van der Waals surface area contributed by atoms with Crippen LogP contribution in [0.4, 0.5) is 0 Å². The highest BCUT2D eigenvalue weighted by molar-refractivity contribution is 7.14. The van der Waals surface area contributed by atoms with Crippen LogP contribution in [0.2, 0.25) is 0 Å². The lowest BCUT2D eigenvalue weighted by atomic mass is 10.1. The zero-order chi connectivity index (χ0) is 15.4. The number of carbonyl (C=O) groups is 1. The van der Waals surface area contributed by atoms with Crippen LogP contribution in [0.25, 0.3) is 0 Å². The molecule has 1 heterocycles. The van der Waals surface area contributed by atoms with E-state index in [1.807, 2.05) is 6.07 Å². The molecule has 4 nitrogen and oxygen atoms in total. The van der Waals surface area contributed by atoms with E-state index in [9.17, 15) is 9.90 Å². The van der Waals surface area contributed by atoms with Crippen molar-refractivity contribution in [1.29, 1.82) is 0 Å². The molecule has 5 heteroatoms. The Morgan fingerprint density at radius 3 is 2.77 bits per heavy atom. The Morgan fingerprint density at radius 1 is 1.18 bits per heavy atom. The van der Waals surface area contributed by atoms with Gasteiger partial charge >= 0.3 is 0 Å². The van der Waals surface area contributed by atoms with Gasteiger partial charge in [-0.1, -0.05) is 6.42 Å². The van der Waals surface area contributed by atoms with Crippen molar-refractivity contribution < 1.29 is 9.90 Å². The Labute approximate surface area is 133 Å². The number of carbonyl (C=O) groups excluding carboxylic acids is 1. The number of phenolic OH excluding ortho intramolecular Hbond substituents is 1. The number of rotatable bonds is 3. The van der Waals surface area contributed by atoms with Crippen molar-refractivity contribution in [1.82, 2.24) is 5.43 Å². The molecule has 2 N–H and O–H groups in total. The van der Waals surface area contributed by atoms with E-state index in [2.05, 4.69) is 10.5 Å². The first-order valence-corrected chi connectivity index (χ1v) is 8.28. The molecule has 0 bridgehead atoms. The number of benzene rings is 1. The maximum Gasteiger partial charge on any atom is 0.281 e. The van der Waals surface area contributed by atoms with Gasteiger partial charge in [0.1, 0.15) is 5.75 Å². The lowest BCUT2D eigenvalue weighted by Gasteiger charge is -1.97. The Balaban J connectivity index is 1.63. The number of hydrazone groups is 1. The summed E-state index contributed by atoms with van der Waals surface area (Å²) < 4.78 is 0. The van der Waals surface area contributed by atoms with Gasteiger partial charge in [-0.3, -0.25) is 4.79 Å². The molecule has 0 saturated carbocycles. The fourth-order valence-corrected chi connectivity index (χ4v) is 3.70. The number of fused-ring (bicyclic) bond motifs is 1. The van der Waals surface area contributed by atoms with Crippen molar-refractivity contribution in [2.75, 3.05) is 0 Å². The lowest BCUT2D eigenvalue weighted by molar-refractivity contribution is 0.0959. The van der Waals surface area contributed by atoms with Crippen LogP contribution in [0, 0.1) is 0 Å². The standard InChI is InChI=1S/C17H18N2O2S/c20-14-8-6-12(7-9-14)11-18-19-17(21)16-10-13-4-2-1-3-5-15(13)22-16/h6-11,20H,1-5H2,(H,19,21)/b18-11+. The smallest absolute Gasteiger partial charge is 0.281 e. The van der Waals surface area contributed by atoms with Crippen LogP contribution in [-0.4, -0.2) is 17.2 Å². The molecule has 2 aromatic rings. The average Bonchev–Trinajstić information content (AvgIpc) is 2.80. The van der Waals surface area contributed by atoms with E-state index in [1.54, 1.807) is 41.8 Å². The monoisotopic (exact) mass is 314 g/mol. The Morgan fingerprint density at radius 2 is 1.95 bits per heavy atom. The van der Waals surface area contributed by atoms with Gasteiger partial charge < -0.3 is 5.11 Å². The molecule has 1 aliphatic rings. The van der Waals surface area contributed by atoms with Crippen molar-refractivity contribution in [3.05, 3.63) is 51.2 Å². The topological polar surface area (TPSA) is 61.7 Å². The van der Waals surface area contributed by atoms with E-state index in [0.29, 0.717) is 0 Å². The molecule has 1 aromatic carbocycles. The molecule has 22 heavy (non-hydrogen) atoms. The molecule has 0 aliphatic heterocycles. The summed E-state index contributed by atoms with van der Waals surface area (Å²) in [5.41, 5.74) is 4.71. The van der Waals surface area contributed by atoms with Crippen LogP contribution in [0.3, 0.4) is 0 Å². The summed E-state index contributed by atoms with van der Waals surface area (Å²) in [7, 11) is 0. The molecule has 114 valence electrons. The fraction of sp³-hybridized carbons (Fsp3) is 0.294. The second-order valence-electron chi connectivity index (χ2n) is 5.41. The molecule has 0 unspecified atom stereocenters. The first-order valence-electron chi connectivity index (χ1n) is 7.46. The van der Waals surface area contributed by atoms with Crippen LogP contribution < -0.4 is 5.43 Å². The van der Waals surface area contributed by atoms with E-state index in [4.69, 9.17) is 0 Å². The quantitative estimate of drug-likeness (QED) is 0.517. The van der Waals surface area contributed by atoms with Crippen molar-refractivity contribution in [3.63, 3.8) is 0 Å². The summed E-state index contributed by atoms with van der Waals surface area (Å²) in [5, 5.41) is 13.2. The number of thiophene rings is 1. The number of nitrogens with one attached hydrogen (secondary N) is 1. The molecular formula is C17H18N2O2S. The summed E-state index contributed by atoms with van der Waals surface area (Å²) in [6.45, 7) is 0. The Kier molecular flexibility index (Phi) is 4.53. The third kappa shape index (κ3) is 3.54. The second-order valence-corrected chi connectivity index (χ2v) is 6.55. The van der Waals surface area contributed by atoms with Crippen molar-refractivity contribution >= 4 is 23.5 Å². The van der Waals surface area contributed by atoms with Gasteiger partial charge in [0.2, 0.25) is 0 Å². The van der Waals surface area contributed by atoms with Gasteiger partial charge in [-0.05, 0) is 67.1 Å². The van der Waals surface area contributed by atoms with E-state index < -0.39 is 0 Å². The molecule has 1 aromatic heterocycles. The highest BCUT2D eigenvalue weighted by atomic mass is 32.1. The largest absolute Gasteiger partial charge is 0.508 e. The maximum absolute atomic E-state index is 12.1. The normalized spacial score (nSPS) is 14.5. The van der Waals surface area contributed by atoms with Crippen molar-refractivity contribution in [2.24, 2.45) is 5.10 Å². The number of amides is 1. The molecule has 1 aliphatic carbocycles. The summed E-state index contributed by atoms with van der Waals surface area (Å²) in [5.74, 6) is 0.0503. The summed E-state index contributed by atoms with van der Waals surface area (Å²) in [6, 6.07) is 8.65. The van der Waals surface area contributed by atoms with Crippen LogP contribution in [0.1, 0.15) is 44.9 Å². The third-order valence-electron chi connectivity index (χ3n) is 3.74. The maximum atomic E-state index is 12.1. The van der Waals surface area contributed by atoms with Crippen LogP contribution in [0.5, 0.6) is 5.75 Å². The van der Waals surface area contributed by atoms with Gasteiger partial charge in [-0.25, -0.2) is 5.43 Å². The van der Waals surface area contributed by atoms with E-state index in [1.165, 1.54) is 29.7 Å². The van der Waals surface area contributed by atoms with Gasteiger partial charge in [-0.2, -0.15) is 5.10 Å². The molecular weight excluding hydrogens is 296 g/mol. The second kappa shape index (κ2) is 6.75. The molecule has 0 radical (unpaired) electrons. The SMILES string of the molecule is O=C(N/N=C/c1ccc(O)cc1)c1cc2c(s1)CCCCC2. The minimum atomic E-state index is -0.159. The molecule has 0 saturated heterocycles. The molecule has 3 rings (SSSR count). The molecule has 0 spiro atoms. The lowest BCUT2D eigenvalue weighted by Crippen LogP contribution is -2.16. The van der Waals surface area contributed by atoms with Gasteiger partial charge in [0, 0.05) is 4.88 Å². The highest BCUT2D eigenvalue weighted by Gasteiger charge is 2.15. The average molecular weight is 314 g/mol. The highest BCUT2D eigenvalue weighted by Crippen LogP contribution is 2.28. The van der Waals surface area contributed by atoms with Crippen molar-refractivity contribution in [3.8, 4) is 5.75 Å². The molecule has 0 atom stereocenters. The van der Waals surface area contributed by atoms with Gasteiger partial charge in [0.05, 0.1) is 11.1 Å². The first kappa shape index (κ1) is 14.8. The minimum Gasteiger partial charge on any atom is -0.508 e. The Hall–Kier alpha value is -2.14. The van der Waals surface area contributed by atoms with E-state index in [0.717, 1.165) is 23.3 Å². The summed E-state index contributed by atoms with van der Waals surface area (Å²) >= 11 is 1.59. The molecule has 1 amide bonds. The zero-order valence-corrected chi connectivity index (χ0v) is 13.0. The minimum absolute atomic E-state index is 0.159. The number of hydrogen-bond donors (Lipinski definition) is 2. The number of aryl methyl sites for hydroxylation is 2. The zero-order valence-electron chi connectivity index (χ0n) is 12.2. The van der Waals surface area contributed by atoms with Gasteiger partial charge in [0.25, 0.3) is 5.91 Å². The van der Waals surface area contributed by atoms with Crippen LogP contribution in [0.15, 0.2) is 35.4 Å². The Bertz CT molecular complexity index is 666. The van der Waals surface area contributed by atoms with Crippen molar-refractivity contribution in [2.45, 2.75) is 32.1 Å². The third-order valence-corrected chi connectivity index (χ3v) is 4.98. The number of nitrogens with zero attached hydrogens (tertiary/aromatic N) is 1. The van der Waals surface area contributed by atoms with Gasteiger partial charge in [-0.15, -0.1) is 11.3 Å². The first-order chi connectivity index (χ1) is 10.7. The predicted molar refractivity (Wildman–Crippen MR) is 88.7 cm³/mol. The fourth-order valence-electron chi connectivity index (χ4n) is 2.56. The van der Waals surface area contributed by atoms with E-state index >= 15 is 0 Å². The number of phenols is 1. The molecule has 0 fully saturated rings. The van der Waals surface area contributed by atoms with Crippen LogP contribution in [-0.2, 0) is 12.8 Å². The van der Waals surface area contributed by atoms with Crippen LogP contribution >= 0.6 is 11.3 Å². The van der Waals surface area contributed by atoms with Gasteiger partial charge in [0.15, 0.2) is 0 Å².